The third-order valence-corrected chi connectivity index (χ3v) is 4.43. The molecule has 7 heteroatoms. The lowest BCUT2D eigenvalue weighted by Crippen LogP contribution is -2.41. The molecule has 0 radical (unpaired) electrons. The van der Waals surface area contributed by atoms with Crippen LogP contribution in [0.4, 0.5) is 13.2 Å². The predicted octanol–water partition coefficient (Wildman–Crippen LogP) is 3.40. The number of alkyl halides is 3. The summed E-state index contributed by atoms with van der Waals surface area (Å²) in [6.45, 7) is 7.79. The van der Waals surface area contributed by atoms with Crippen LogP contribution in [-0.2, 0) is 16.2 Å². The molecule has 3 nitrogen and oxygen atoms in total. The van der Waals surface area contributed by atoms with Crippen molar-refractivity contribution in [1.82, 2.24) is 4.72 Å². The molecular weight excluding hydrogens is 291 g/mol. The molecule has 1 rings (SSSR count). The monoisotopic (exact) mass is 309 g/mol. The molecule has 0 saturated carbocycles. The van der Waals surface area contributed by atoms with Crippen molar-refractivity contribution in [2.75, 3.05) is 0 Å². The summed E-state index contributed by atoms with van der Waals surface area (Å²) in [6, 6.07) is 1.93. The van der Waals surface area contributed by atoms with E-state index in [0.717, 1.165) is 12.1 Å². The molecule has 114 valence electrons. The Balaban J connectivity index is 3.56. The third-order valence-electron chi connectivity index (χ3n) is 2.63. The summed E-state index contributed by atoms with van der Waals surface area (Å²) in [4.78, 5) is -0.733. The van der Waals surface area contributed by atoms with E-state index >= 15 is 0 Å². The van der Waals surface area contributed by atoms with Crippen molar-refractivity contribution < 1.29 is 21.6 Å². The molecule has 0 heterocycles. The molecule has 0 atom stereocenters. The fourth-order valence-electron chi connectivity index (χ4n) is 1.69. The van der Waals surface area contributed by atoms with Crippen LogP contribution in [0.5, 0.6) is 0 Å². The lowest BCUT2D eigenvalue weighted by Gasteiger charge is -2.23. The Kier molecular flexibility index (Phi) is 4.27. The van der Waals surface area contributed by atoms with Crippen molar-refractivity contribution in [3.63, 3.8) is 0 Å². The number of nitrogens with one attached hydrogen (secondary N) is 1. The minimum Gasteiger partial charge on any atom is -0.207 e. The molecule has 0 saturated heterocycles. The van der Waals surface area contributed by atoms with E-state index in [-0.39, 0.29) is 0 Å². The Hall–Kier alpha value is -1.08. The van der Waals surface area contributed by atoms with E-state index in [1.807, 2.05) is 0 Å². The van der Waals surface area contributed by atoms with Crippen LogP contribution >= 0.6 is 0 Å². The van der Waals surface area contributed by atoms with Crippen LogP contribution in [0.3, 0.4) is 0 Å². The minimum absolute atomic E-state index is 0.395. The van der Waals surface area contributed by atoms with Crippen molar-refractivity contribution in [1.29, 1.82) is 0 Å². The smallest absolute Gasteiger partial charge is 0.207 e. The van der Waals surface area contributed by atoms with Crippen LogP contribution in [0.2, 0.25) is 0 Å². The highest BCUT2D eigenvalue weighted by atomic mass is 32.2. The van der Waals surface area contributed by atoms with Gasteiger partial charge in [-0.1, -0.05) is 0 Å². The van der Waals surface area contributed by atoms with Gasteiger partial charge in [-0.05, 0) is 57.9 Å². The van der Waals surface area contributed by atoms with Crippen molar-refractivity contribution in [2.24, 2.45) is 0 Å². The van der Waals surface area contributed by atoms with Gasteiger partial charge in [0.2, 0.25) is 10.0 Å². The first-order valence-electron chi connectivity index (χ1n) is 5.96. The summed E-state index contributed by atoms with van der Waals surface area (Å²) in [6.07, 6.45) is -4.72. The van der Waals surface area contributed by atoms with Gasteiger partial charge < -0.3 is 0 Å². The average Bonchev–Trinajstić information content (AvgIpc) is 2.15. The number of rotatable bonds is 2. The van der Waals surface area contributed by atoms with Gasteiger partial charge >= 0.3 is 6.18 Å². The molecular formula is C13H18F3NO2S. The maximum absolute atomic E-state index is 13.0. The number of halogens is 3. The Morgan fingerprint density at radius 1 is 1.00 bits per heavy atom. The zero-order valence-corrected chi connectivity index (χ0v) is 12.8. The zero-order valence-electron chi connectivity index (χ0n) is 12.0. The van der Waals surface area contributed by atoms with E-state index < -0.39 is 32.2 Å². The van der Waals surface area contributed by atoms with Crippen molar-refractivity contribution in [2.45, 2.75) is 51.2 Å². The summed E-state index contributed by atoms with van der Waals surface area (Å²) in [7, 11) is -4.24. The van der Waals surface area contributed by atoms with E-state index in [1.54, 1.807) is 27.7 Å². The van der Waals surface area contributed by atoms with Crippen LogP contribution in [0, 0.1) is 13.8 Å². The Bertz CT molecular complexity index is 614. The SMILES string of the molecule is Cc1cc(C(F)(F)F)c(S(=O)(=O)NC(C)(C)C)cc1C. The normalized spacial score (nSPS) is 13.6. The Morgan fingerprint density at radius 3 is 1.85 bits per heavy atom. The molecule has 0 aliphatic heterocycles. The van der Waals surface area contributed by atoms with Gasteiger partial charge in [-0.25, -0.2) is 13.1 Å². The molecule has 1 aromatic rings. The van der Waals surface area contributed by atoms with Crippen LogP contribution in [0.25, 0.3) is 0 Å². The van der Waals surface area contributed by atoms with Gasteiger partial charge in [0.15, 0.2) is 0 Å². The molecule has 0 bridgehead atoms. The highest BCUT2D eigenvalue weighted by molar-refractivity contribution is 7.89. The summed E-state index contributed by atoms with van der Waals surface area (Å²) >= 11 is 0. The zero-order chi connectivity index (χ0) is 15.9. The largest absolute Gasteiger partial charge is 0.417 e. The first kappa shape index (κ1) is 17.0. The van der Waals surface area contributed by atoms with E-state index in [4.69, 9.17) is 0 Å². The highest BCUT2D eigenvalue weighted by Gasteiger charge is 2.38. The summed E-state index contributed by atoms with van der Waals surface area (Å²) in [5.74, 6) is 0. The number of sulfonamides is 1. The fourth-order valence-corrected chi connectivity index (χ4v) is 3.40. The van der Waals surface area contributed by atoms with Crippen LogP contribution in [0.15, 0.2) is 17.0 Å². The predicted molar refractivity (Wildman–Crippen MR) is 71.0 cm³/mol. The molecule has 0 aliphatic rings. The lowest BCUT2D eigenvalue weighted by molar-refractivity contribution is -0.139. The number of aryl methyl sites for hydroxylation is 2. The van der Waals surface area contributed by atoms with Gasteiger partial charge in [-0.15, -0.1) is 0 Å². The number of benzene rings is 1. The van der Waals surface area contributed by atoms with Gasteiger partial charge in [0.25, 0.3) is 0 Å². The Labute approximate surface area is 117 Å². The first-order chi connectivity index (χ1) is 8.74. The standard InChI is InChI=1S/C13H18F3NO2S/c1-8-6-10(13(14,15)16)11(7-9(8)2)20(18,19)17-12(3,4)5/h6-7,17H,1-5H3. The summed E-state index contributed by atoms with van der Waals surface area (Å²) in [5.41, 5.74) is -1.11. The second-order valence-electron chi connectivity index (χ2n) is 5.79. The molecule has 1 N–H and O–H groups in total. The van der Waals surface area contributed by atoms with Gasteiger partial charge in [-0.3, -0.25) is 0 Å². The van der Waals surface area contributed by atoms with Gasteiger partial charge in [-0.2, -0.15) is 13.2 Å². The van der Waals surface area contributed by atoms with Crippen molar-refractivity contribution >= 4 is 10.0 Å². The quantitative estimate of drug-likeness (QED) is 0.910. The maximum atomic E-state index is 13.0. The third kappa shape index (κ3) is 3.96. The Morgan fingerprint density at radius 2 is 1.45 bits per heavy atom. The lowest BCUT2D eigenvalue weighted by atomic mass is 10.1. The summed E-state index contributed by atoms with van der Waals surface area (Å²) in [5, 5.41) is 0. The van der Waals surface area contributed by atoms with Crippen molar-refractivity contribution in [3.05, 3.63) is 28.8 Å². The number of hydrogen-bond acceptors (Lipinski definition) is 2. The summed E-state index contributed by atoms with van der Waals surface area (Å²) < 4.78 is 65.7. The molecule has 0 fully saturated rings. The molecule has 0 aliphatic carbocycles. The molecule has 0 amide bonds. The van der Waals surface area contributed by atoms with Crippen LogP contribution < -0.4 is 4.72 Å². The van der Waals surface area contributed by atoms with E-state index in [1.165, 1.54) is 6.92 Å². The van der Waals surface area contributed by atoms with Crippen LogP contribution in [-0.4, -0.2) is 14.0 Å². The average molecular weight is 309 g/mol. The molecule has 1 aromatic carbocycles. The van der Waals surface area contributed by atoms with Gasteiger partial charge in [0.05, 0.1) is 10.5 Å². The molecule has 20 heavy (non-hydrogen) atoms. The number of hydrogen-bond donors (Lipinski definition) is 1. The van der Waals surface area contributed by atoms with E-state index in [0.29, 0.717) is 11.1 Å². The molecule has 0 unspecified atom stereocenters. The molecule has 0 spiro atoms. The van der Waals surface area contributed by atoms with E-state index in [9.17, 15) is 21.6 Å². The van der Waals surface area contributed by atoms with Crippen molar-refractivity contribution in [3.8, 4) is 0 Å². The van der Waals surface area contributed by atoms with E-state index in [2.05, 4.69) is 4.72 Å². The molecule has 0 aromatic heterocycles. The first-order valence-corrected chi connectivity index (χ1v) is 7.45. The second kappa shape index (κ2) is 5.04. The highest BCUT2D eigenvalue weighted by Crippen LogP contribution is 2.36. The maximum Gasteiger partial charge on any atom is 0.417 e. The van der Waals surface area contributed by atoms with Crippen LogP contribution in [0.1, 0.15) is 37.5 Å². The minimum atomic E-state index is -4.72. The topological polar surface area (TPSA) is 46.2 Å². The fraction of sp³-hybridized carbons (Fsp3) is 0.538. The van der Waals surface area contributed by atoms with Gasteiger partial charge in [0, 0.05) is 5.54 Å². The van der Waals surface area contributed by atoms with Gasteiger partial charge in [0.1, 0.15) is 0 Å². The second-order valence-corrected chi connectivity index (χ2v) is 7.44.